The summed E-state index contributed by atoms with van der Waals surface area (Å²) in [7, 11) is 0.137. The first-order valence-electron chi connectivity index (χ1n) is 13.5. The number of carbonyl (C=O) groups excluding carboxylic acids is 1. The molecule has 5 rings (SSSR count). The van der Waals surface area contributed by atoms with Crippen molar-refractivity contribution in [3.8, 4) is 16.9 Å². The first-order valence-corrected chi connectivity index (χ1v) is 14.9. The maximum absolute atomic E-state index is 13.0. The summed E-state index contributed by atoms with van der Waals surface area (Å²) >= 11 is 0. The highest BCUT2D eigenvalue weighted by molar-refractivity contribution is 7.85. The van der Waals surface area contributed by atoms with Gasteiger partial charge in [-0.15, -0.1) is 0 Å². The molecule has 0 spiro atoms. The van der Waals surface area contributed by atoms with Crippen LogP contribution in [0.2, 0.25) is 0 Å². The topological polar surface area (TPSA) is 87.2 Å². The Morgan fingerprint density at radius 2 is 1.49 bits per heavy atom. The summed E-state index contributed by atoms with van der Waals surface area (Å²) in [5, 5.41) is 0. The molecule has 1 aliphatic heterocycles. The summed E-state index contributed by atoms with van der Waals surface area (Å²) in [6.45, 7) is 3.56. The van der Waals surface area contributed by atoms with Crippen LogP contribution in [0.5, 0.6) is 5.75 Å². The highest BCUT2D eigenvalue weighted by atomic mass is 32.2. The van der Waals surface area contributed by atoms with Crippen LogP contribution < -0.4 is 9.64 Å². The Bertz CT molecular complexity index is 1540. The van der Waals surface area contributed by atoms with Crippen LogP contribution in [0, 0.1) is 12.8 Å². The molecule has 0 aliphatic carbocycles. The molecule has 4 aromatic carbocycles. The monoisotopic (exact) mass is 572 g/mol. The number of amides is 1. The predicted molar refractivity (Wildman–Crippen MR) is 163 cm³/mol. The fraction of sp³-hybridized carbons (Fsp3) is 0.242. The van der Waals surface area contributed by atoms with E-state index in [0.717, 1.165) is 41.9 Å². The SMILES string of the molecule is CN(C)CC1Cc2ccccc2N(C(=O)COc2ccc(-c3ccccc3)cc2)C1.Cc1ccc(S(=O)(=O)O)cc1. The Labute approximate surface area is 242 Å². The number of carbonyl (C=O) groups is 1. The summed E-state index contributed by atoms with van der Waals surface area (Å²) in [6, 6.07) is 32.3. The lowest BCUT2D eigenvalue weighted by atomic mass is 9.92. The Morgan fingerprint density at radius 3 is 2.12 bits per heavy atom. The van der Waals surface area contributed by atoms with E-state index in [1.54, 1.807) is 12.1 Å². The van der Waals surface area contributed by atoms with Gasteiger partial charge in [-0.3, -0.25) is 9.35 Å². The van der Waals surface area contributed by atoms with E-state index in [-0.39, 0.29) is 17.4 Å². The van der Waals surface area contributed by atoms with Crippen LogP contribution in [0.15, 0.2) is 108 Å². The van der Waals surface area contributed by atoms with Gasteiger partial charge in [-0.1, -0.05) is 78.4 Å². The van der Waals surface area contributed by atoms with E-state index < -0.39 is 10.1 Å². The molecule has 1 unspecified atom stereocenters. The second kappa shape index (κ2) is 13.6. The first kappa shape index (κ1) is 30.0. The second-order valence-electron chi connectivity index (χ2n) is 10.4. The molecule has 0 bridgehead atoms. The number of hydrogen-bond acceptors (Lipinski definition) is 5. The molecule has 0 aromatic heterocycles. The molecule has 1 heterocycles. The van der Waals surface area contributed by atoms with Gasteiger partial charge in [-0.25, -0.2) is 0 Å². The highest BCUT2D eigenvalue weighted by Gasteiger charge is 2.28. The second-order valence-corrected chi connectivity index (χ2v) is 11.9. The summed E-state index contributed by atoms with van der Waals surface area (Å²) < 4.78 is 35.4. The number of hydrogen-bond donors (Lipinski definition) is 1. The lowest BCUT2D eigenvalue weighted by Gasteiger charge is -2.35. The van der Waals surface area contributed by atoms with Crippen LogP contribution in [-0.2, 0) is 21.3 Å². The molecule has 214 valence electrons. The van der Waals surface area contributed by atoms with Crippen molar-refractivity contribution >= 4 is 21.7 Å². The smallest absolute Gasteiger partial charge is 0.294 e. The van der Waals surface area contributed by atoms with Gasteiger partial charge < -0.3 is 14.5 Å². The maximum atomic E-state index is 13.0. The number of para-hydroxylation sites is 1. The van der Waals surface area contributed by atoms with E-state index >= 15 is 0 Å². The summed E-state index contributed by atoms with van der Waals surface area (Å²) in [5.74, 6) is 1.13. The largest absolute Gasteiger partial charge is 0.484 e. The van der Waals surface area contributed by atoms with Crippen molar-refractivity contribution in [2.24, 2.45) is 5.92 Å². The lowest BCUT2D eigenvalue weighted by Crippen LogP contribution is -2.44. The molecule has 4 aromatic rings. The van der Waals surface area contributed by atoms with Gasteiger partial charge in [0.25, 0.3) is 16.0 Å². The number of fused-ring (bicyclic) bond motifs is 1. The first-order chi connectivity index (χ1) is 19.6. The van der Waals surface area contributed by atoms with Crippen LogP contribution in [0.4, 0.5) is 5.69 Å². The predicted octanol–water partition coefficient (Wildman–Crippen LogP) is 5.74. The van der Waals surface area contributed by atoms with Crippen molar-refractivity contribution in [3.05, 3.63) is 114 Å². The third-order valence-corrected chi connectivity index (χ3v) is 7.67. The fourth-order valence-corrected chi connectivity index (χ4v) is 5.34. The Morgan fingerprint density at radius 1 is 0.878 bits per heavy atom. The van der Waals surface area contributed by atoms with Gasteiger partial charge in [0.1, 0.15) is 5.75 Å². The van der Waals surface area contributed by atoms with Gasteiger partial charge in [-0.05, 0) is 80.4 Å². The van der Waals surface area contributed by atoms with Gasteiger partial charge in [0, 0.05) is 18.8 Å². The molecular weight excluding hydrogens is 536 g/mol. The van der Waals surface area contributed by atoms with Crippen molar-refractivity contribution in [2.45, 2.75) is 18.2 Å². The normalized spacial score (nSPS) is 14.6. The molecular formula is C33H36N2O5S. The van der Waals surface area contributed by atoms with E-state index in [4.69, 9.17) is 9.29 Å². The van der Waals surface area contributed by atoms with Crippen LogP contribution in [0.1, 0.15) is 11.1 Å². The average Bonchev–Trinajstić information content (AvgIpc) is 2.96. The Balaban J connectivity index is 0.000000296. The molecule has 8 heteroatoms. The summed E-state index contributed by atoms with van der Waals surface area (Å²) in [5.41, 5.74) is 5.50. The number of anilines is 1. The molecule has 0 fully saturated rings. The number of ether oxygens (including phenoxy) is 1. The van der Waals surface area contributed by atoms with Gasteiger partial charge in [0.2, 0.25) is 0 Å². The van der Waals surface area contributed by atoms with Crippen molar-refractivity contribution in [3.63, 3.8) is 0 Å². The van der Waals surface area contributed by atoms with Gasteiger partial charge in [-0.2, -0.15) is 8.42 Å². The van der Waals surface area contributed by atoms with Crippen LogP contribution >= 0.6 is 0 Å². The average molecular weight is 573 g/mol. The van der Waals surface area contributed by atoms with Crippen LogP contribution in [-0.4, -0.2) is 57.6 Å². The molecule has 1 N–H and O–H groups in total. The molecule has 1 atom stereocenters. The lowest BCUT2D eigenvalue weighted by molar-refractivity contribution is -0.120. The molecule has 0 saturated heterocycles. The standard InChI is InChI=1S/C26H28N2O2.C7H8O3S/c1-27(2)17-20-16-23-10-6-7-11-25(23)28(18-20)26(29)19-30-24-14-12-22(13-15-24)21-8-4-3-5-9-21;1-6-2-4-7(5-3-6)11(8,9)10/h3-15,20H,16-19H2,1-2H3;2-5H,1H3,(H,8,9,10). The van der Waals surface area contributed by atoms with E-state index in [0.29, 0.717) is 11.7 Å². The number of benzene rings is 4. The van der Waals surface area contributed by atoms with Crippen molar-refractivity contribution in [1.82, 2.24) is 4.90 Å². The van der Waals surface area contributed by atoms with Gasteiger partial charge >= 0.3 is 0 Å². The van der Waals surface area contributed by atoms with Gasteiger partial charge in [0.05, 0.1) is 4.90 Å². The zero-order chi connectivity index (χ0) is 29.4. The number of rotatable bonds is 7. The van der Waals surface area contributed by atoms with Gasteiger partial charge in [0.15, 0.2) is 6.61 Å². The van der Waals surface area contributed by atoms with Crippen LogP contribution in [0.25, 0.3) is 11.1 Å². The molecule has 0 radical (unpaired) electrons. The minimum absolute atomic E-state index is 0.00181. The van der Waals surface area contributed by atoms with Crippen molar-refractivity contribution < 1.29 is 22.5 Å². The van der Waals surface area contributed by atoms with E-state index in [1.165, 1.54) is 17.7 Å². The third-order valence-electron chi connectivity index (χ3n) is 6.80. The highest BCUT2D eigenvalue weighted by Crippen LogP contribution is 2.30. The zero-order valence-corrected chi connectivity index (χ0v) is 24.4. The summed E-state index contributed by atoms with van der Waals surface area (Å²) in [4.78, 5) is 17.1. The molecule has 1 aliphatic rings. The molecule has 1 amide bonds. The van der Waals surface area contributed by atoms with Crippen LogP contribution in [0.3, 0.4) is 0 Å². The number of aryl methyl sites for hydroxylation is 1. The number of nitrogens with zero attached hydrogens (tertiary/aromatic N) is 2. The summed E-state index contributed by atoms with van der Waals surface area (Å²) in [6.07, 6.45) is 1.000. The molecule has 41 heavy (non-hydrogen) atoms. The molecule has 0 saturated carbocycles. The maximum Gasteiger partial charge on any atom is 0.294 e. The van der Waals surface area contributed by atoms with Crippen molar-refractivity contribution in [1.29, 1.82) is 0 Å². The zero-order valence-electron chi connectivity index (χ0n) is 23.6. The quantitative estimate of drug-likeness (QED) is 0.284. The molecule has 7 nitrogen and oxygen atoms in total. The van der Waals surface area contributed by atoms with E-state index in [9.17, 15) is 13.2 Å². The van der Waals surface area contributed by atoms with E-state index in [2.05, 4.69) is 37.2 Å². The van der Waals surface area contributed by atoms with Crippen molar-refractivity contribution in [2.75, 3.05) is 38.7 Å². The van der Waals surface area contributed by atoms with E-state index in [1.807, 2.05) is 72.5 Å². The Hall–Kier alpha value is -3.98. The third kappa shape index (κ3) is 8.50. The minimum atomic E-state index is -4.02. The minimum Gasteiger partial charge on any atom is -0.484 e. The fourth-order valence-electron chi connectivity index (χ4n) is 4.86. The Kier molecular flexibility index (Phi) is 9.94.